The Morgan fingerprint density at radius 2 is 2.25 bits per heavy atom. The van der Waals surface area contributed by atoms with Crippen molar-refractivity contribution in [1.29, 1.82) is 0 Å². The van der Waals surface area contributed by atoms with Crippen LogP contribution in [-0.4, -0.2) is 5.78 Å². The minimum absolute atomic E-state index is 0.317. The van der Waals surface area contributed by atoms with Gasteiger partial charge in [-0.3, -0.25) is 4.79 Å². The van der Waals surface area contributed by atoms with Gasteiger partial charge in [-0.25, -0.2) is 0 Å². The average molecular weight is 220 g/mol. The van der Waals surface area contributed by atoms with Crippen LogP contribution in [0.4, 0.5) is 0 Å². The maximum atomic E-state index is 11.5. The number of carbonyl (C=O) groups is 1. The Kier molecular flexibility index (Phi) is 5.51. The number of hydrogen-bond acceptors (Lipinski definition) is 1. The molecule has 0 spiro atoms. The molecule has 16 heavy (non-hydrogen) atoms. The zero-order valence-electron chi connectivity index (χ0n) is 10.9. The molecule has 1 atom stereocenters. The molecule has 0 aliphatic heterocycles. The second kappa shape index (κ2) is 6.67. The lowest BCUT2D eigenvalue weighted by molar-refractivity contribution is -0.122. The first-order valence-electron chi connectivity index (χ1n) is 6.47. The largest absolute Gasteiger partial charge is 0.299 e. The van der Waals surface area contributed by atoms with Crippen LogP contribution in [0.25, 0.3) is 0 Å². The zero-order chi connectivity index (χ0) is 12.0. The molecule has 0 aromatic carbocycles. The van der Waals surface area contributed by atoms with E-state index in [1.165, 1.54) is 12.0 Å². The lowest BCUT2D eigenvalue weighted by atomic mass is 9.84. The summed E-state index contributed by atoms with van der Waals surface area (Å²) in [5.41, 5.74) is 2.95. The van der Waals surface area contributed by atoms with Crippen molar-refractivity contribution in [3.05, 3.63) is 23.3 Å². The summed E-state index contributed by atoms with van der Waals surface area (Å²) in [6, 6.07) is 0. The molecule has 0 radical (unpaired) electrons. The van der Waals surface area contributed by atoms with Crippen LogP contribution in [0.15, 0.2) is 23.3 Å². The summed E-state index contributed by atoms with van der Waals surface area (Å²) in [5, 5.41) is 0. The molecule has 0 fully saturated rings. The molecule has 90 valence electrons. The number of hydrogen-bond donors (Lipinski definition) is 0. The van der Waals surface area contributed by atoms with Crippen LogP contribution in [0.5, 0.6) is 0 Å². The minimum Gasteiger partial charge on any atom is -0.299 e. The minimum atomic E-state index is 0.317. The number of Topliss-reactive ketones (excluding diaryl/α,β-unsaturated/α-hetero) is 1. The Hall–Kier alpha value is -0.850. The first kappa shape index (κ1) is 13.2. The SMILES string of the molecule is CCC(=O)C1CC=C(CCC=C(C)C)CC1. The number of allylic oxidation sites excluding steroid dienone is 4. The predicted octanol–water partition coefficient (Wildman–Crippen LogP) is 4.44. The Morgan fingerprint density at radius 1 is 1.50 bits per heavy atom. The van der Waals surface area contributed by atoms with E-state index in [2.05, 4.69) is 26.0 Å². The molecular weight excluding hydrogens is 196 g/mol. The average Bonchev–Trinajstić information content (AvgIpc) is 2.28. The van der Waals surface area contributed by atoms with E-state index in [0.717, 1.165) is 25.7 Å². The molecule has 0 amide bonds. The standard InChI is InChI=1S/C15H24O/c1-4-15(16)14-10-8-13(9-11-14)7-5-6-12(2)3/h6,8,14H,4-5,7,9-11H2,1-3H3. The third-order valence-corrected chi connectivity index (χ3v) is 3.33. The van der Waals surface area contributed by atoms with E-state index in [-0.39, 0.29) is 0 Å². The highest BCUT2D eigenvalue weighted by Gasteiger charge is 2.19. The molecule has 0 bridgehead atoms. The third-order valence-electron chi connectivity index (χ3n) is 3.33. The topological polar surface area (TPSA) is 17.1 Å². The van der Waals surface area contributed by atoms with Gasteiger partial charge in [-0.1, -0.05) is 30.2 Å². The van der Waals surface area contributed by atoms with Gasteiger partial charge in [-0.05, 0) is 46.0 Å². The summed E-state index contributed by atoms with van der Waals surface area (Å²) in [7, 11) is 0. The first-order valence-corrected chi connectivity index (χ1v) is 6.47. The Balaban J connectivity index is 2.35. The van der Waals surface area contributed by atoms with E-state index in [0.29, 0.717) is 18.1 Å². The molecule has 1 aliphatic carbocycles. The van der Waals surface area contributed by atoms with Crippen LogP contribution < -0.4 is 0 Å². The fraction of sp³-hybridized carbons (Fsp3) is 0.667. The summed E-state index contributed by atoms with van der Waals surface area (Å²) < 4.78 is 0. The molecule has 1 unspecified atom stereocenters. The van der Waals surface area contributed by atoms with Crippen LogP contribution >= 0.6 is 0 Å². The van der Waals surface area contributed by atoms with Crippen LogP contribution in [-0.2, 0) is 4.79 Å². The van der Waals surface area contributed by atoms with Crippen molar-refractivity contribution < 1.29 is 4.79 Å². The molecule has 1 aliphatic rings. The van der Waals surface area contributed by atoms with Gasteiger partial charge in [0.15, 0.2) is 0 Å². The van der Waals surface area contributed by atoms with Gasteiger partial charge in [0, 0.05) is 12.3 Å². The molecule has 1 heteroatoms. The molecule has 0 heterocycles. The Morgan fingerprint density at radius 3 is 2.75 bits per heavy atom. The van der Waals surface area contributed by atoms with Crippen molar-refractivity contribution >= 4 is 5.78 Å². The van der Waals surface area contributed by atoms with E-state index in [1.54, 1.807) is 5.57 Å². The van der Waals surface area contributed by atoms with Gasteiger partial charge in [0.1, 0.15) is 5.78 Å². The molecular formula is C15H24O. The van der Waals surface area contributed by atoms with E-state index < -0.39 is 0 Å². The van der Waals surface area contributed by atoms with Gasteiger partial charge in [-0.2, -0.15) is 0 Å². The zero-order valence-corrected chi connectivity index (χ0v) is 10.9. The Labute approximate surface area is 99.6 Å². The van der Waals surface area contributed by atoms with E-state index >= 15 is 0 Å². The Bertz CT molecular complexity index is 293. The molecule has 1 rings (SSSR count). The van der Waals surface area contributed by atoms with E-state index in [9.17, 15) is 4.79 Å². The summed E-state index contributed by atoms with van der Waals surface area (Å²) in [6.45, 7) is 6.26. The monoisotopic (exact) mass is 220 g/mol. The molecule has 1 nitrogen and oxygen atoms in total. The van der Waals surface area contributed by atoms with Crippen molar-refractivity contribution in [3.63, 3.8) is 0 Å². The van der Waals surface area contributed by atoms with Crippen LogP contribution in [0.2, 0.25) is 0 Å². The highest BCUT2D eigenvalue weighted by Crippen LogP contribution is 2.27. The van der Waals surface area contributed by atoms with Gasteiger partial charge in [-0.15, -0.1) is 0 Å². The first-order chi connectivity index (χ1) is 7.63. The van der Waals surface area contributed by atoms with Crippen molar-refractivity contribution in [2.24, 2.45) is 5.92 Å². The predicted molar refractivity (Wildman–Crippen MR) is 69.4 cm³/mol. The maximum Gasteiger partial charge on any atom is 0.136 e. The van der Waals surface area contributed by atoms with Gasteiger partial charge in [0.2, 0.25) is 0 Å². The summed E-state index contributed by atoms with van der Waals surface area (Å²) >= 11 is 0. The van der Waals surface area contributed by atoms with Gasteiger partial charge in [0.25, 0.3) is 0 Å². The van der Waals surface area contributed by atoms with Crippen LogP contribution in [0.3, 0.4) is 0 Å². The van der Waals surface area contributed by atoms with Gasteiger partial charge < -0.3 is 0 Å². The lowest BCUT2D eigenvalue weighted by Crippen LogP contribution is -2.15. The highest BCUT2D eigenvalue weighted by atomic mass is 16.1. The fourth-order valence-electron chi connectivity index (χ4n) is 2.24. The molecule has 0 aromatic heterocycles. The van der Waals surface area contributed by atoms with Crippen LogP contribution in [0.1, 0.15) is 59.3 Å². The summed E-state index contributed by atoms with van der Waals surface area (Å²) in [4.78, 5) is 11.5. The highest BCUT2D eigenvalue weighted by molar-refractivity contribution is 5.81. The molecule has 0 N–H and O–H groups in total. The van der Waals surface area contributed by atoms with Crippen molar-refractivity contribution in [2.75, 3.05) is 0 Å². The smallest absolute Gasteiger partial charge is 0.136 e. The lowest BCUT2D eigenvalue weighted by Gasteiger charge is -2.20. The molecule has 0 aromatic rings. The van der Waals surface area contributed by atoms with Gasteiger partial charge in [0.05, 0.1) is 0 Å². The van der Waals surface area contributed by atoms with Crippen LogP contribution in [0, 0.1) is 5.92 Å². The van der Waals surface area contributed by atoms with E-state index in [1.807, 2.05) is 6.92 Å². The number of carbonyl (C=O) groups excluding carboxylic acids is 1. The van der Waals surface area contributed by atoms with Crippen molar-refractivity contribution in [1.82, 2.24) is 0 Å². The molecule has 0 saturated carbocycles. The number of ketones is 1. The maximum absolute atomic E-state index is 11.5. The fourth-order valence-corrected chi connectivity index (χ4v) is 2.24. The van der Waals surface area contributed by atoms with Gasteiger partial charge >= 0.3 is 0 Å². The summed E-state index contributed by atoms with van der Waals surface area (Å²) in [5.74, 6) is 0.761. The van der Waals surface area contributed by atoms with E-state index in [4.69, 9.17) is 0 Å². The number of rotatable bonds is 5. The molecule has 0 saturated heterocycles. The second-order valence-electron chi connectivity index (χ2n) is 4.97. The van der Waals surface area contributed by atoms with Crippen molar-refractivity contribution in [3.8, 4) is 0 Å². The van der Waals surface area contributed by atoms with Crippen molar-refractivity contribution in [2.45, 2.75) is 59.3 Å². The quantitative estimate of drug-likeness (QED) is 0.626. The third kappa shape index (κ3) is 4.34. The second-order valence-corrected chi connectivity index (χ2v) is 4.97. The summed E-state index contributed by atoms with van der Waals surface area (Å²) in [6.07, 6.45) is 10.8. The normalized spacial score (nSPS) is 20.2.